The number of hydrogen-bond acceptors (Lipinski definition) is 2. The van der Waals surface area contributed by atoms with E-state index in [1.54, 1.807) is 18.3 Å². The predicted molar refractivity (Wildman–Crippen MR) is 107 cm³/mol. The first-order valence-electron chi connectivity index (χ1n) is 7.77. The zero-order valence-electron chi connectivity index (χ0n) is 13.5. The molecule has 0 amide bonds. The largest absolute Gasteiger partial charge is 0.358 e. The van der Waals surface area contributed by atoms with Crippen molar-refractivity contribution in [2.24, 2.45) is 0 Å². The van der Waals surface area contributed by atoms with Crippen LogP contribution in [0.3, 0.4) is 0 Å². The Hall–Kier alpha value is -2.15. The molecule has 3 rings (SSSR count). The highest BCUT2D eigenvalue weighted by Crippen LogP contribution is 2.23. The summed E-state index contributed by atoms with van der Waals surface area (Å²) in [4.78, 5) is 0. The van der Waals surface area contributed by atoms with Gasteiger partial charge in [-0.2, -0.15) is 5.10 Å². The Labute approximate surface area is 165 Å². The fourth-order valence-electron chi connectivity index (χ4n) is 2.34. The van der Waals surface area contributed by atoms with E-state index in [0.717, 1.165) is 5.56 Å². The first-order valence-corrected chi connectivity index (χ1v) is 8.94. The van der Waals surface area contributed by atoms with Crippen LogP contribution in [0.5, 0.6) is 0 Å². The van der Waals surface area contributed by atoms with Crippen molar-refractivity contribution in [2.75, 3.05) is 5.32 Å². The maximum atomic E-state index is 13.9. The topological polar surface area (TPSA) is 41.9 Å². The maximum absolute atomic E-state index is 13.9. The lowest BCUT2D eigenvalue weighted by Crippen LogP contribution is -2.28. The van der Waals surface area contributed by atoms with Crippen LogP contribution in [0.4, 0.5) is 10.2 Å². The van der Waals surface area contributed by atoms with Gasteiger partial charge in [-0.1, -0.05) is 59.6 Å². The summed E-state index contributed by atoms with van der Waals surface area (Å²) in [6.45, 7) is 0.743. The summed E-state index contributed by atoms with van der Waals surface area (Å²) >= 11 is 17.5. The zero-order chi connectivity index (χ0) is 18.5. The highest BCUT2D eigenvalue weighted by atomic mass is 35.5. The molecule has 0 atom stereocenters. The Morgan fingerprint density at radius 3 is 2.58 bits per heavy atom. The minimum atomic E-state index is -0.390. The van der Waals surface area contributed by atoms with Gasteiger partial charge in [0.2, 0.25) is 0 Å². The van der Waals surface area contributed by atoms with Crippen LogP contribution in [0.2, 0.25) is 10.0 Å². The summed E-state index contributed by atoms with van der Waals surface area (Å²) < 4.78 is 15.4. The lowest BCUT2D eigenvalue weighted by atomic mass is 10.2. The van der Waals surface area contributed by atoms with Crippen LogP contribution in [0.15, 0.2) is 54.7 Å². The third kappa shape index (κ3) is 4.72. The third-order valence-electron chi connectivity index (χ3n) is 3.63. The maximum Gasteiger partial charge on any atom is 0.173 e. The van der Waals surface area contributed by atoms with E-state index in [0.29, 0.717) is 33.1 Å². The number of aromatic nitrogens is 2. The number of nitrogens with one attached hydrogen (secondary N) is 2. The fraction of sp³-hybridized carbons (Fsp3) is 0.111. The zero-order valence-corrected chi connectivity index (χ0v) is 15.9. The van der Waals surface area contributed by atoms with Gasteiger partial charge in [-0.3, -0.25) is 4.68 Å². The van der Waals surface area contributed by atoms with Gasteiger partial charge in [0.25, 0.3) is 0 Å². The molecule has 2 aromatic carbocycles. The molecule has 0 saturated heterocycles. The minimum Gasteiger partial charge on any atom is -0.358 e. The van der Waals surface area contributed by atoms with Crippen LogP contribution in [0, 0.1) is 5.82 Å². The standard InChI is InChI=1S/C18H15Cl2FN4S/c19-14-7-4-8-16(21)13(14)10-25-11-15(20)17(24-25)23-18(26)22-9-12-5-2-1-3-6-12/h1-8,11H,9-10H2,(H2,22,23,24,26). The van der Waals surface area contributed by atoms with Crippen molar-refractivity contribution in [3.63, 3.8) is 0 Å². The number of hydrogen-bond donors (Lipinski definition) is 2. The van der Waals surface area contributed by atoms with Crippen molar-refractivity contribution in [1.82, 2.24) is 15.1 Å². The number of halogens is 3. The smallest absolute Gasteiger partial charge is 0.173 e. The van der Waals surface area contributed by atoms with Gasteiger partial charge >= 0.3 is 0 Å². The fourth-order valence-corrected chi connectivity index (χ4v) is 2.93. The van der Waals surface area contributed by atoms with Crippen LogP contribution in [-0.2, 0) is 13.1 Å². The molecular formula is C18H15Cl2FN4S. The van der Waals surface area contributed by atoms with Gasteiger partial charge < -0.3 is 10.6 Å². The molecule has 0 saturated carbocycles. The Kier molecular flexibility index (Phi) is 6.08. The van der Waals surface area contributed by atoms with Crippen molar-refractivity contribution < 1.29 is 4.39 Å². The Morgan fingerprint density at radius 2 is 1.85 bits per heavy atom. The SMILES string of the molecule is Fc1cccc(Cl)c1Cn1cc(Cl)c(NC(=S)NCc2ccccc2)n1. The quantitative estimate of drug-likeness (QED) is 0.591. The van der Waals surface area contributed by atoms with Gasteiger partial charge in [0.1, 0.15) is 10.8 Å². The average Bonchev–Trinajstić information content (AvgIpc) is 2.97. The summed E-state index contributed by atoms with van der Waals surface area (Å²) in [5, 5.41) is 11.4. The van der Waals surface area contributed by atoms with E-state index in [1.165, 1.54) is 10.7 Å². The Bertz CT molecular complexity index is 895. The van der Waals surface area contributed by atoms with E-state index in [4.69, 9.17) is 35.4 Å². The van der Waals surface area contributed by atoms with E-state index >= 15 is 0 Å². The second-order valence-corrected chi connectivity index (χ2v) is 6.74. The van der Waals surface area contributed by atoms with Crippen molar-refractivity contribution in [1.29, 1.82) is 0 Å². The lowest BCUT2D eigenvalue weighted by Gasteiger charge is -2.09. The van der Waals surface area contributed by atoms with Gasteiger partial charge in [-0.05, 0) is 29.9 Å². The third-order valence-corrected chi connectivity index (χ3v) is 4.50. The summed E-state index contributed by atoms with van der Waals surface area (Å²) in [6.07, 6.45) is 1.59. The van der Waals surface area contributed by atoms with Gasteiger partial charge in [0.15, 0.2) is 10.9 Å². The molecule has 1 aromatic heterocycles. The molecule has 0 aliphatic carbocycles. The number of rotatable bonds is 5. The molecule has 0 fully saturated rings. The molecule has 0 aliphatic heterocycles. The van der Waals surface area contributed by atoms with Crippen LogP contribution in [0.25, 0.3) is 0 Å². The molecule has 0 aliphatic rings. The molecule has 3 aromatic rings. The molecule has 2 N–H and O–H groups in total. The van der Waals surface area contributed by atoms with Crippen molar-refractivity contribution in [3.8, 4) is 0 Å². The van der Waals surface area contributed by atoms with Gasteiger partial charge in [0.05, 0.1) is 6.54 Å². The van der Waals surface area contributed by atoms with E-state index in [9.17, 15) is 4.39 Å². The van der Waals surface area contributed by atoms with E-state index < -0.39 is 5.82 Å². The van der Waals surface area contributed by atoms with Crippen LogP contribution < -0.4 is 10.6 Å². The summed E-state index contributed by atoms with van der Waals surface area (Å²) in [6, 6.07) is 14.4. The van der Waals surface area contributed by atoms with Gasteiger partial charge in [-0.15, -0.1) is 0 Å². The van der Waals surface area contributed by atoms with Crippen molar-refractivity contribution >= 4 is 46.4 Å². The molecule has 1 heterocycles. The summed E-state index contributed by atoms with van der Waals surface area (Å²) in [5.41, 5.74) is 1.45. The molecular weight excluding hydrogens is 394 g/mol. The van der Waals surface area contributed by atoms with E-state index in [2.05, 4.69) is 15.7 Å². The summed E-state index contributed by atoms with van der Waals surface area (Å²) in [5.74, 6) is 0.00312. The first kappa shape index (κ1) is 18.6. The monoisotopic (exact) mass is 408 g/mol. The van der Waals surface area contributed by atoms with Crippen molar-refractivity contribution in [2.45, 2.75) is 13.1 Å². The van der Waals surface area contributed by atoms with Gasteiger partial charge in [0, 0.05) is 23.3 Å². The van der Waals surface area contributed by atoms with Crippen LogP contribution in [-0.4, -0.2) is 14.9 Å². The predicted octanol–water partition coefficient (Wildman–Crippen LogP) is 4.86. The van der Waals surface area contributed by atoms with E-state index in [1.807, 2.05) is 30.3 Å². The number of anilines is 1. The number of benzene rings is 2. The molecule has 26 heavy (non-hydrogen) atoms. The molecule has 4 nitrogen and oxygen atoms in total. The lowest BCUT2D eigenvalue weighted by molar-refractivity contribution is 0.586. The molecule has 0 spiro atoms. The molecule has 0 bridgehead atoms. The first-order chi connectivity index (χ1) is 12.5. The Balaban J connectivity index is 1.63. The highest BCUT2D eigenvalue weighted by molar-refractivity contribution is 7.80. The average molecular weight is 409 g/mol. The summed E-state index contributed by atoms with van der Waals surface area (Å²) in [7, 11) is 0. The van der Waals surface area contributed by atoms with Gasteiger partial charge in [-0.25, -0.2) is 4.39 Å². The normalized spacial score (nSPS) is 10.6. The second-order valence-electron chi connectivity index (χ2n) is 5.52. The van der Waals surface area contributed by atoms with Crippen LogP contribution >= 0.6 is 35.4 Å². The Morgan fingerprint density at radius 1 is 1.08 bits per heavy atom. The minimum absolute atomic E-state index is 0.164. The number of nitrogens with zero attached hydrogens (tertiary/aromatic N) is 2. The van der Waals surface area contributed by atoms with Crippen molar-refractivity contribution in [3.05, 3.63) is 81.7 Å². The highest BCUT2D eigenvalue weighted by Gasteiger charge is 2.12. The number of thiocarbonyl (C=S) groups is 1. The molecule has 0 radical (unpaired) electrons. The van der Waals surface area contributed by atoms with Crippen LogP contribution in [0.1, 0.15) is 11.1 Å². The van der Waals surface area contributed by atoms with E-state index in [-0.39, 0.29) is 6.54 Å². The molecule has 0 unspecified atom stereocenters. The second kappa shape index (κ2) is 8.49. The molecule has 8 heteroatoms. The molecule has 134 valence electrons.